The van der Waals surface area contributed by atoms with Gasteiger partial charge in [-0.2, -0.15) is 5.10 Å². The van der Waals surface area contributed by atoms with Crippen molar-refractivity contribution in [2.24, 2.45) is 0 Å². The maximum atomic E-state index is 13.1. The monoisotopic (exact) mass is 378 g/mol. The first-order chi connectivity index (χ1) is 13.6. The fraction of sp³-hybridized carbons (Fsp3) is 0.364. The van der Waals surface area contributed by atoms with Gasteiger partial charge in [0, 0.05) is 30.5 Å². The number of para-hydroxylation sites is 1. The van der Waals surface area contributed by atoms with Gasteiger partial charge in [-0.3, -0.25) is 4.79 Å². The molecular weight excluding hydrogens is 352 g/mol. The number of rotatable bonds is 4. The minimum absolute atomic E-state index is 0.0640. The maximum absolute atomic E-state index is 13.1. The first kappa shape index (κ1) is 18.3. The van der Waals surface area contributed by atoms with Gasteiger partial charge in [-0.05, 0) is 51.0 Å². The molecule has 28 heavy (non-hydrogen) atoms. The molecule has 0 saturated carbocycles. The summed E-state index contributed by atoms with van der Waals surface area (Å²) in [6.07, 6.45) is 3.66. The van der Waals surface area contributed by atoms with Crippen LogP contribution in [-0.2, 0) is 0 Å². The molecule has 1 aliphatic rings. The zero-order valence-electron chi connectivity index (χ0n) is 16.6. The van der Waals surface area contributed by atoms with E-state index in [2.05, 4.69) is 35.6 Å². The van der Waals surface area contributed by atoms with Gasteiger partial charge in [0.25, 0.3) is 5.91 Å². The van der Waals surface area contributed by atoms with Crippen molar-refractivity contribution in [1.29, 1.82) is 0 Å². The standard InChI is InChI=1S/C22H26N4O2/c1-16-9-10-17(2)26(16)19-11-13-24(14-12-19)22(27)21-20(28-3)15-25(23-21)18-7-5-4-6-8-18/h4-10,15,19H,11-14H2,1-3H3. The number of piperidine rings is 1. The van der Waals surface area contributed by atoms with Crippen LogP contribution in [0.15, 0.2) is 48.7 Å². The van der Waals surface area contributed by atoms with E-state index in [0.717, 1.165) is 31.6 Å². The van der Waals surface area contributed by atoms with Crippen LogP contribution in [-0.4, -0.2) is 45.4 Å². The van der Waals surface area contributed by atoms with Crippen LogP contribution in [0.1, 0.15) is 40.8 Å². The molecule has 6 nitrogen and oxygen atoms in total. The molecule has 4 rings (SSSR count). The third-order valence-corrected chi connectivity index (χ3v) is 5.57. The third-order valence-electron chi connectivity index (χ3n) is 5.57. The first-order valence-corrected chi connectivity index (χ1v) is 9.71. The Kier molecular flexibility index (Phi) is 4.94. The molecule has 0 spiro atoms. The summed E-state index contributed by atoms with van der Waals surface area (Å²) in [6.45, 7) is 5.74. The highest BCUT2D eigenvalue weighted by Gasteiger charge is 2.29. The van der Waals surface area contributed by atoms with E-state index in [0.29, 0.717) is 17.5 Å². The number of amides is 1. The average molecular weight is 378 g/mol. The summed E-state index contributed by atoms with van der Waals surface area (Å²) in [7, 11) is 1.58. The smallest absolute Gasteiger partial charge is 0.278 e. The molecule has 1 fully saturated rings. The number of hydrogen-bond donors (Lipinski definition) is 0. The van der Waals surface area contributed by atoms with E-state index < -0.39 is 0 Å². The fourth-order valence-corrected chi connectivity index (χ4v) is 4.10. The lowest BCUT2D eigenvalue weighted by Gasteiger charge is -2.33. The molecular formula is C22H26N4O2. The number of carbonyl (C=O) groups is 1. The van der Waals surface area contributed by atoms with Crippen LogP contribution in [0.25, 0.3) is 5.69 Å². The summed E-state index contributed by atoms with van der Waals surface area (Å²) in [5, 5.41) is 4.52. The number of likely N-dealkylation sites (tertiary alicyclic amines) is 1. The first-order valence-electron chi connectivity index (χ1n) is 9.71. The predicted octanol–water partition coefficient (Wildman–Crippen LogP) is 3.78. The molecule has 0 radical (unpaired) electrons. The molecule has 6 heteroatoms. The number of methoxy groups -OCH3 is 1. The van der Waals surface area contributed by atoms with Crippen molar-refractivity contribution in [3.63, 3.8) is 0 Å². The van der Waals surface area contributed by atoms with Crippen LogP contribution in [0, 0.1) is 13.8 Å². The second kappa shape index (κ2) is 7.54. The highest BCUT2D eigenvalue weighted by Crippen LogP contribution is 2.28. The summed E-state index contributed by atoms with van der Waals surface area (Å²) in [6, 6.07) is 14.5. The Bertz CT molecular complexity index is 946. The van der Waals surface area contributed by atoms with Crippen LogP contribution in [0.2, 0.25) is 0 Å². The van der Waals surface area contributed by atoms with Gasteiger partial charge in [-0.25, -0.2) is 4.68 Å². The quantitative estimate of drug-likeness (QED) is 0.694. The van der Waals surface area contributed by atoms with Crippen molar-refractivity contribution in [3.05, 3.63) is 65.7 Å². The molecule has 0 N–H and O–H groups in total. The summed E-state index contributed by atoms with van der Waals surface area (Å²) in [5.41, 5.74) is 3.84. The molecule has 0 atom stereocenters. The van der Waals surface area contributed by atoms with Gasteiger partial charge in [0.2, 0.25) is 0 Å². The molecule has 0 bridgehead atoms. The molecule has 1 aliphatic heterocycles. The van der Waals surface area contributed by atoms with Crippen molar-refractivity contribution in [3.8, 4) is 11.4 Å². The van der Waals surface area contributed by atoms with Crippen molar-refractivity contribution in [1.82, 2.24) is 19.2 Å². The summed E-state index contributed by atoms with van der Waals surface area (Å²) >= 11 is 0. The van der Waals surface area contributed by atoms with E-state index in [1.54, 1.807) is 18.0 Å². The SMILES string of the molecule is COc1cn(-c2ccccc2)nc1C(=O)N1CCC(n2c(C)ccc2C)CC1. The van der Waals surface area contributed by atoms with Crippen LogP contribution >= 0.6 is 0 Å². The van der Waals surface area contributed by atoms with Crippen molar-refractivity contribution in [2.75, 3.05) is 20.2 Å². The molecule has 3 aromatic rings. The molecule has 0 aliphatic carbocycles. The number of nitrogens with zero attached hydrogens (tertiary/aromatic N) is 4. The second-order valence-electron chi connectivity index (χ2n) is 7.34. The number of aryl methyl sites for hydroxylation is 2. The molecule has 1 saturated heterocycles. The van der Waals surface area contributed by atoms with Gasteiger partial charge >= 0.3 is 0 Å². The Morgan fingerprint density at radius 3 is 2.29 bits per heavy atom. The number of ether oxygens (including phenoxy) is 1. The van der Waals surface area contributed by atoms with E-state index in [1.807, 2.05) is 35.2 Å². The zero-order valence-corrected chi connectivity index (χ0v) is 16.6. The Morgan fingerprint density at radius 1 is 1.04 bits per heavy atom. The zero-order chi connectivity index (χ0) is 19.7. The summed E-state index contributed by atoms with van der Waals surface area (Å²) in [5.74, 6) is 0.444. The number of benzene rings is 1. The third kappa shape index (κ3) is 3.30. The van der Waals surface area contributed by atoms with E-state index >= 15 is 0 Å². The normalized spacial score (nSPS) is 15.0. The van der Waals surface area contributed by atoms with Crippen LogP contribution in [0.5, 0.6) is 5.75 Å². The van der Waals surface area contributed by atoms with Crippen molar-refractivity contribution in [2.45, 2.75) is 32.7 Å². The fourth-order valence-electron chi connectivity index (χ4n) is 4.10. The van der Waals surface area contributed by atoms with Gasteiger partial charge in [0.05, 0.1) is 19.0 Å². The average Bonchev–Trinajstić information content (AvgIpc) is 3.31. The number of carbonyl (C=O) groups excluding carboxylic acids is 1. The molecule has 1 aromatic carbocycles. The van der Waals surface area contributed by atoms with E-state index in [1.165, 1.54) is 11.4 Å². The summed E-state index contributed by atoms with van der Waals surface area (Å²) in [4.78, 5) is 15.0. The molecule has 2 aromatic heterocycles. The Labute approximate surface area is 165 Å². The van der Waals surface area contributed by atoms with Crippen LogP contribution in [0.4, 0.5) is 0 Å². The Balaban J connectivity index is 1.51. The maximum Gasteiger partial charge on any atom is 0.278 e. The van der Waals surface area contributed by atoms with Gasteiger partial charge < -0.3 is 14.2 Å². The summed E-state index contributed by atoms with van der Waals surface area (Å²) < 4.78 is 9.53. The molecule has 3 heterocycles. The Hall–Kier alpha value is -3.02. The van der Waals surface area contributed by atoms with Gasteiger partial charge in [-0.1, -0.05) is 18.2 Å². The second-order valence-corrected chi connectivity index (χ2v) is 7.34. The largest absolute Gasteiger partial charge is 0.493 e. The number of hydrogen-bond acceptors (Lipinski definition) is 3. The van der Waals surface area contributed by atoms with Gasteiger partial charge in [0.15, 0.2) is 11.4 Å². The minimum Gasteiger partial charge on any atom is -0.493 e. The lowest BCUT2D eigenvalue weighted by Crippen LogP contribution is -2.39. The van der Waals surface area contributed by atoms with Crippen LogP contribution < -0.4 is 4.74 Å². The highest BCUT2D eigenvalue weighted by molar-refractivity contribution is 5.95. The Morgan fingerprint density at radius 2 is 1.68 bits per heavy atom. The van der Waals surface area contributed by atoms with E-state index in [4.69, 9.17) is 4.74 Å². The van der Waals surface area contributed by atoms with E-state index in [-0.39, 0.29) is 5.91 Å². The lowest BCUT2D eigenvalue weighted by molar-refractivity contribution is 0.0684. The van der Waals surface area contributed by atoms with Crippen molar-refractivity contribution < 1.29 is 9.53 Å². The van der Waals surface area contributed by atoms with Gasteiger partial charge in [0.1, 0.15) is 0 Å². The molecule has 146 valence electrons. The van der Waals surface area contributed by atoms with Gasteiger partial charge in [-0.15, -0.1) is 0 Å². The van der Waals surface area contributed by atoms with E-state index in [9.17, 15) is 4.79 Å². The molecule has 1 amide bonds. The number of aromatic nitrogens is 3. The lowest BCUT2D eigenvalue weighted by atomic mass is 10.0. The predicted molar refractivity (Wildman–Crippen MR) is 108 cm³/mol. The van der Waals surface area contributed by atoms with Crippen molar-refractivity contribution >= 4 is 5.91 Å². The van der Waals surface area contributed by atoms with Crippen LogP contribution in [0.3, 0.4) is 0 Å². The minimum atomic E-state index is -0.0640. The highest BCUT2D eigenvalue weighted by atomic mass is 16.5. The molecule has 0 unspecified atom stereocenters. The topological polar surface area (TPSA) is 52.3 Å².